The Bertz CT molecular complexity index is 3130. The van der Waals surface area contributed by atoms with Crippen LogP contribution < -0.4 is 4.90 Å². The quantitative estimate of drug-likeness (QED) is 0.163. The lowest BCUT2D eigenvalue weighted by Gasteiger charge is -2.25. The molecule has 11 aromatic rings. The van der Waals surface area contributed by atoms with Crippen LogP contribution in [-0.4, -0.2) is 19.5 Å². The van der Waals surface area contributed by atoms with Crippen LogP contribution in [0.3, 0.4) is 0 Å². The van der Waals surface area contributed by atoms with Crippen molar-refractivity contribution in [2.45, 2.75) is 0 Å². The number of hydrogen-bond acceptors (Lipinski definition) is 5. The van der Waals surface area contributed by atoms with E-state index in [1.807, 2.05) is 66.7 Å². The summed E-state index contributed by atoms with van der Waals surface area (Å²) in [4.78, 5) is 17.3. The maximum Gasteiger partial charge on any atom is 0.167 e. The third-order valence-electron chi connectivity index (χ3n) is 10.6. The molecule has 6 nitrogen and oxygen atoms in total. The molecule has 0 unspecified atom stereocenters. The standard InChI is InChI=1S/C51H33N5O/c1-5-17-34(18-6-1)49-52-50(35-19-7-2-8-20-35)54-51(53-49)42-28-15-26-40-41-27-16-30-46(48(41)57-47(40)42)56-44-29-14-13-25-39(44)43-33-38(31-32-45(43)56)55(36-21-9-3-10-22-36)37-23-11-4-12-24-37/h1-33H. The zero-order valence-corrected chi connectivity index (χ0v) is 30.7. The Labute approximate surface area is 328 Å². The SMILES string of the molecule is c1ccc(-c2nc(-c3ccccc3)nc(-c3cccc4c3oc3c(-n5c6ccccc6c6cc(N(c7ccccc7)c7ccccc7)ccc65)cccc34)n2)cc1. The second-order valence-corrected chi connectivity index (χ2v) is 14.0. The Hall–Kier alpha value is -7.83. The zero-order chi connectivity index (χ0) is 37.7. The molecule has 0 saturated heterocycles. The summed E-state index contributed by atoms with van der Waals surface area (Å²) in [7, 11) is 0. The maximum atomic E-state index is 7.03. The first-order valence-corrected chi connectivity index (χ1v) is 19.0. The Kier molecular flexibility index (Phi) is 7.71. The molecule has 57 heavy (non-hydrogen) atoms. The predicted molar refractivity (Wildman–Crippen MR) is 232 cm³/mol. The molecule has 0 aliphatic heterocycles. The van der Waals surface area contributed by atoms with E-state index in [4.69, 9.17) is 19.4 Å². The molecule has 0 bridgehead atoms. The van der Waals surface area contributed by atoms with Crippen LogP contribution in [-0.2, 0) is 0 Å². The van der Waals surface area contributed by atoms with Crippen molar-refractivity contribution in [2.24, 2.45) is 0 Å². The van der Waals surface area contributed by atoms with Gasteiger partial charge in [-0.05, 0) is 60.7 Å². The van der Waals surface area contributed by atoms with Crippen molar-refractivity contribution in [1.29, 1.82) is 0 Å². The molecule has 0 atom stereocenters. The van der Waals surface area contributed by atoms with Crippen LogP contribution in [0.2, 0.25) is 0 Å². The van der Waals surface area contributed by atoms with Crippen molar-refractivity contribution >= 4 is 60.8 Å². The molecule has 3 heterocycles. The molecular formula is C51H33N5O. The summed E-state index contributed by atoms with van der Waals surface area (Å²) in [5, 5.41) is 4.33. The van der Waals surface area contributed by atoms with E-state index in [9.17, 15) is 0 Å². The lowest BCUT2D eigenvalue weighted by atomic mass is 10.1. The molecule has 268 valence electrons. The van der Waals surface area contributed by atoms with Gasteiger partial charge in [-0.25, -0.2) is 15.0 Å². The predicted octanol–water partition coefficient (Wildman–Crippen LogP) is 13.3. The largest absolute Gasteiger partial charge is 0.453 e. The van der Waals surface area contributed by atoms with Crippen LogP contribution in [0.25, 0.3) is 83.6 Å². The van der Waals surface area contributed by atoms with E-state index in [2.05, 4.69) is 143 Å². The van der Waals surface area contributed by atoms with Crippen LogP contribution in [0.1, 0.15) is 0 Å². The van der Waals surface area contributed by atoms with Gasteiger partial charge in [-0.15, -0.1) is 0 Å². The highest BCUT2D eigenvalue weighted by Gasteiger charge is 2.22. The number of benzene rings is 8. The topological polar surface area (TPSA) is 60.0 Å². The van der Waals surface area contributed by atoms with Crippen LogP contribution in [0.15, 0.2) is 205 Å². The molecule has 0 amide bonds. The molecule has 11 rings (SSSR count). The fraction of sp³-hybridized carbons (Fsp3) is 0. The van der Waals surface area contributed by atoms with Crippen LogP contribution >= 0.6 is 0 Å². The lowest BCUT2D eigenvalue weighted by molar-refractivity contribution is 0.667. The fourth-order valence-electron chi connectivity index (χ4n) is 8.05. The number of nitrogens with zero attached hydrogens (tertiary/aromatic N) is 5. The lowest BCUT2D eigenvalue weighted by Crippen LogP contribution is -2.09. The van der Waals surface area contributed by atoms with Crippen molar-refractivity contribution in [2.75, 3.05) is 4.90 Å². The van der Waals surface area contributed by atoms with Crippen molar-refractivity contribution < 1.29 is 4.42 Å². The minimum absolute atomic E-state index is 0.555. The second-order valence-electron chi connectivity index (χ2n) is 14.0. The van der Waals surface area contributed by atoms with Gasteiger partial charge < -0.3 is 13.9 Å². The van der Waals surface area contributed by atoms with Crippen LogP contribution in [0.4, 0.5) is 17.1 Å². The first kappa shape index (κ1) is 32.6. The molecule has 0 aliphatic rings. The Morgan fingerprint density at radius 1 is 0.368 bits per heavy atom. The Morgan fingerprint density at radius 2 is 0.877 bits per heavy atom. The van der Waals surface area contributed by atoms with Gasteiger partial charge in [0, 0.05) is 49.7 Å². The highest BCUT2D eigenvalue weighted by atomic mass is 16.3. The smallest absolute Gasteiger partial charge is 0.167 e. The van der Waals surface area contributed by atoms with E-state index < -0.39 is 0 Å². The third kappa shape index (κ3) is 5.54. The minimum atomic E-state index is 0.555. The summed E-state index contributed by atoms with van der Waals surface area (Å²) in [5.74, 6) is 1.77. The van der Waals surface area contributed by atoms with Crippen LogP contribution in [0.5, 0.6) is 0 Å². The van der Waals surface area contributed by atoms with Gasteiger partial charge in [0.2, 0.25) is 0 Å². The number of rotatable bonds is 7. The first-order chi connectivity index (χ1) is 28.3. The number of para-hydroxylation sites is 5. The van der Waals surface area contributed by atoms with Crippen molar-refractivity contribution in [3.05, 3.63) is 200 Å². The highest BCUT2D eigenvalue weighted by molar-refractivity contribution is 6.14. The van der Waals surface area contributed by atoms with Crippen LogP contribution in [0, 0.1) is 0 Å². The molecule has 0 spiro atoms. The van der Waals surface area contributed by atoms with Gasteiger partial charge in [-0.1, -0.05) is 140 Å². The van der Waals surface area contributed by atoms with Gasteiger partial charge in [0.1, 0.15) is 5.58 Å². The van der Waals surface area contributed by atoms with Crippen molar-refractivity contribution in [3.8, 4) is 39.9 Å². The van der Waals surface area contributed by atoms with Gasteiger partial charge in [0.15, 0.2) is 23.1 Å². The molecule has 0 N–H and O–H groups in total. The number of aromatic nitrogens is 4. The summed E-state index contributed by atoms with van der Waals surface area (Å²) >= 11 is 0. The molecule has 0 saturated carbocycles. The van der Waals surface area contributed by atoms with E-state index in [1.54, 1.807) is 0 Å². The van der Waals surface area contributed by atoms with E-state index in [0.717, 1.165) is 83.2 Å². The van der Waals surface area contributed by atoms with Gasteiger partial charge in [0.05, 0.1) is 22.3 Å². The second kappa shape index (κ2) is 13.5. The van der Waals surface area contributed by atoms with Crippen molar-refractivity contribution in [3.63, 3.8) is 0 Å². The number of anilines is 3. The van der Waals surface area contributed by atoms with Gasteiger partial charge in [0.25, 0.3) is 0 Å². The highest BCUT2D eigenvalue weighted by Crippen LogP contribution is 2.43. The van der Waals surface area contributed by atoms with E-state index >= 15 is 0 Å². The molecule has 0 fully saturated rings. The van der Waals surface area contributed by atoms with Gasteiger partial charge >= 0.3 is 0 Å². The van der Waals surface area contributed by atoms with Gasteiger partial charge in [-0.2, -0.15) is 0 Å². The molecule has 3 aromatic heterocycles. The average Bonchev–Trinajstić information content (AvgIpc) is 3.84. The summed E-state index contributed by atoms with van der Waals surface area (Å²) < 4.78 is 9.36. The normalized spacial score (nSPS) is 11.5. The Morgan fingerprint density at radius 3 is 1.53 bits per heavy atom. The van der Waals surface area contributed by atoms with Crippen molar-refractivity contribution in [1.82, 2.24) is 19.5 Å². The monoisotopic (exact) mass is 731 g/mol. The molecule has 0 aliphatic carbocycles. The summed E-state index contributed by atoms with van der Waals surface area (Å²) in [6, 6.07) is 69.1. The number of furan rings is 1. The fourth-order valence-corrected chi connectivity index (χ4v) is 8.05. The third-order valence-corrected chi connectivity index (χ3v) is 10.6. The maximum absolute atomic E-state index is 7.03. The number of hydrogen-bond donors (Lipinski definition) is 0. The number of fused-ring (bicyclic) bond motifs is 6. The Balaban J connectivity index is 1.11. The molecule has 6 heteroatoms. The molecule has 8 aromatic carbocycles. The van der Waals surface area contributed by atoms with Gasteiger partial charge in [-0.3, -0.25) is 0 Å². The average molecular weight is 732 g/mol. The summed E-state index contributed by atoms with van der Waals surface area (Å²) in [6.45, 7) is 0. The molecular weight excluding hydrogens is 699 g/mol. The first-order valence-electron chi connectivity index (χ1n) is 19.0. The van der Waals surface area contributed by atoms with E-state index in [0.29, 0.717) is 17.5 Å². The summed E-state index contributed by atoms with van der Waals surface area (Å²) in [5.41, 5.74) is 10.6. The zero-order valence-electron chi connectivity index (χ0n) is 30.7. The molecule has 0 radical (unpaired) electrons. The minimum Gasteiger partial charge on any atom is -0.453 e. The van der Waals surface area contributed by atoms with E-state index in [-0.39, 0.29) is 0 Å². The van der Waals surface area contributed by atoms with E-state index in [1.165, 1.54) is 0 Å². The summed E-state index contributed by atoms with van der Waals surface area (Å²) in [6.07, 6.45) is 0.